The predicted molar refractivity (Wildman–Crippen MR) is 99.1 cm³/mol. The number of aliphatic hydroxyl groups excluding tert-OH is 1. The second kappa shape index (κ2) is 8.20. The summed E-state index contributed by atoms with van der Waals surface area (Å²) in [5.74, 6) is 0.0262. The Kier molecular flexibility index (Phi) is 6.05. The summed E-state index contributed by atoms with van der Waals surface area (Å²) in [6, 6.07) is 5.29. The number of anilines is 1. The zero-order valence-corrected chi connectivity index (χ0v) is 16.2. The Labute approximate surface area is 167 Å². The lowest BCUT2D eigenvalue weighted by atomic mass is 9.74. The van der Waals surface area contributed by atoms with Gasteiger partial charge in [0.1, 0.15) is 0 Å². The van der Waals surface area contributed by atoms with Crippen LogP contribution in [0.2, 0.25) is 0 Å². The second-order valence-corrected chi connectivity index (χ2v) is 7.78. The van der Waals surface area contributed by atoms with Crippen LogP contribution in [0.3, 0.4) is 0 Å². The van der Waals surface area contributed by atoms with Crippen molar-refractivity contribution in [1.29, 1.82) is 5.26 Å². The van der Waals surface area contributed by atoms with Gasteiger partial charge in [0.2, 0.25) is 5.91 Å². The van der Waals surface area contributed by atoms with Gasteiger partial charge < -0.3 is 19.6 Å². The highest BCUT2D eigenvalue weighted by atomic mass is 19.4. The Morgan fingerprint density at radius 2 is 2.17 bits per heavy atom. The number of carbonyl (C=O) groups is 1. The number of nitrogens with zero attached hydrogens (tertiary/aromatic N) is 3. The summed E-state index contributed by atoms with van der Waals surface area (Å²) in [5.41, 5.74) is -1.57. The third kappa shape index (κ3) is 4.19. The Morgan fingerprint density at radius 3 is 2.79 bits per heavy atom. The van der Waals surface area contributed by atoms with Gasteiger partial charge in [0.15, 0.2) is 0 Å². The minimum atomic E-state index is -4.62. The van der Waals surface area contributed by atoms with Crippen molar-refractivity contribution in [3.63, 3.8) is 0 Å². The van der Waals surface area contributed by atoms with Crippen LogP contribution in [0, 0.1) is 22.7 Å². The number of aliphatic hydroxyl groups is 1. The first-order valence-electron chi connectivity index (χ1n) is 9.48. The molecule has 29 heavy (non-hydrogen) atoms. The van der Waals surface area contributed by atoms with E-state index in [0.29, 0.717) is 44.9 Å². The van der Waals surface area contributed by atoms with Crippen LogP contribution in [-0.4, -0.2) is 62.4 Å². The number of alkyl halides is 3. The maximum Gasteiger partial charge on any atom is 0.417 e. The van der Waals surface area contributed by atoms with E-state index in [2.05, 4.69) is 0 Å². The molecule has 0 saturated carbocycles. The molecule has 9 heteroatoms. The largest absolute Gasteiger partial charge is 0.417 e. The van der Waals surface area contributed by atoms with Crippen molar-refractivity contribution in [1.82, 2.24) is 4.90 Å². The van der Waals surface area contributed by atoms with Gasteiger partial charge >= 0.3 is 6.18 Å². The van der Waals surface area contributed by atoms with Crippen molar-refractivity contribution in [2.75, 3.05) is 51.4 Å². The van der Waals surface area contributed by atoms with E-state index >= 15 is 0 Å². The highest BCUT2D eigenvalue weighted by molar-refractivity contribution is 5.76. The number of ether oxygens (including phenoxy) is 1. The molecule has 1 N–H and O–H groups in total. The Bertz CT molecular complexity index is 808. The Hall–Kier alpha value is -2.31. The van der Waals surface area contributed by atoms with Gasteiger partial charge in [-0.2, -0.15) is 18.4 Å². The third-order valence-electron chi connectivity index (χ3n) is 6.05. The molecule has 3 rings (SSSR count). The number of amides is 1. The molecule has 2 aliphatic rings. The summed E-state index contributed by atoms with van der Waals surface area (Å²) >= 11 is 0. The van der Waals surface area contributed by atoms with E-state index in [-0.39, 0.29) is 24.9 Å². The number of piperidine rings is 1. The number of fused-ring (bicyclic) bond motifs is 1. The molecule has 2 heterocycles. The minimum Gasteiger partial charge on any atom is -0.396 e. The molecule has 2 saturated heterocycles. The number of carbonyl (C=O) groups excluding carboxylic acids is 1. The van der Waals surface area contributed by atoms with E-state index in [0.717, 1.165) is 6.07 Å². The van der Waals surface area contributed by atoms with Gasteiger partial charge in [0, 0.05) is 44.4 Å². The quantitative estimate of drug-likeness (QED) is 0.804. The lowest BCUT2D eigenvalue weighted by Crippen LogP contribution is -2.52. The summed E-state index contributed by atoms with van der Waals surface area (Å²) in [6.45, 7) is 1.96. The van der Waals surface area contributed by atoms with Crippen LogP contribution in [0.4, 0.5) is 18.9 Å². The van der Waals surface area contributed by atoms with Crippen molar-refractivity contribution in [3.05, 3.63) is 29.3 Å². The summed E-state index contributed by atoms with van der Waals surface area (Å²) in [7, 11) is 1.52. The summed E-state index contributed by atoms with van der Waals surface area (Å²) < 4.78 is 44.9. The SMILES string of the molecule is COCCC(=O)N1CCC2CN(c3ccc(C#N)c(C(F)(F)F)c3)CC2(CO)C1. The lowest BCUT2D eigenvalue weighted by molar-refractivity contribution is -0.138. The van der Waals surface area contributed by atoms with Gasteiger partial charge in [-0.25, -0.2) is 0 Å². The molecule has 6 nitrogen and oxygen atoms in total. The lowest BCUT2D eigenvalue weighted by Gasteiger charge is -2.43. The average molecular weight is 411 g/mol. The third-order valence-corrected chi connectivity index (χ3v) is 6.05. The zero-order chi connectivity index (χ0) is 21.2. The van der Waals surface area contributed by atoms with Crippen LogP contribution < -0.4 is 4.90 Å². The summed E-state index contributed by atoms with van der Waals surface area (Å²) in [6.07, 6.45) is -3.68. The highest BCUT2D eigenvalue weighted by Gasteiger charge is 2.50. The molecule has 1 aromatic rings. The highest BCUT2D eigenvalue weighted by Crippen LogP contribution is 2.44. The maximum atomic E-state index is 13.3. The van der Waals surface area contributed by atoms with Gasteiger partial charge in [-0.3, -0.25) is 4.79 Å². The van der Waals surface area contributed by atoms with Crippen molar-refractivity contribution in [3.8, 4) is 6.07 Å². The number of methoxy groups -OCH3 is 1. The normalized spacial score (nSPS) is 24.3. The van der Waals surface area contributed by atoms with Crippen molar-refractivity contribution in [2.45, 2.75) is 19.0 Å². The van der Waals surface area contributed by atoms with Crippen LogP contribution in [0.15, 0.2) is 18.2 Å². The predicted octanol–water partition coefficient (Wildman–Crippen LogP) is 2.26. The van der Waals surface area contributed by atoms with Gasteiger partial charge in [0.25, 0.3) is 0 Å². The Balaban J connectivity index is 1.82. The monoisotopic (exact) mass is 411 g/mol. The molecule has 2 atom stereocenters. The number of benzene rings is 1. The van der Waals surface area contributed by atoms with E-state index < -0.39 is 22.7 Å². The van der Waals surface area contributed by atoms with Crippen LogP contribution in [0.5, 0.6) is 0 Å². The van der Waals surface area contributed by atoms with E-state index in [1.165, 1.54) is 19.2 Å². The molecule has 158 valence electrons. The number of likely N-dealkylation sites (tertiary alicyclic amines) is 1. The molecule has 0 aromatic heterocycles. The molecule has 1 amide bonds. The van der Waals surface area contributed by atoms with Gasteiger partial charge in [-0.1, -0.05) is 0 Å². The van der Waals surface area contributed by atoms with Crippen molar-refractivity contribution >= 4 is 11.6 Å². The van der Waals surface area contributed by atoms with Crippen molar-refractivity contribution < 1.29 is 27.8 Å². The second-order valence-electron chi connectivity index (χ2n) is 7.78. The number of rotatable bonds is 5. The topological polar surface area (TPSA) is 76.8 Å². The van der Waals surface area contributed by atoms with E-state index in [4.69, 9.17) is 10.00 Å². The molecule has 0 aliphatic carbocycles. The number of halogens is 3. The minimum absolute atomic E-state index is 0.0469. The molecular weight excluding hydrogens is 387 g/mol. The maximum absolute atomic E-state index is 13.3. The fourth-order valence-electron chi connectivity index (χ4n) is 4.43. The Morgan fingerprint density at radius 1 is 1.41 bits per heavy atom. The average Bonchev–Trinajstić information content (AvgIpc) is 3.10. The first-order chi connectivity index (χ1) is 13.7. The standard InChI is InChI=1S/C20H24F3N3O3/c1-29-7-5-18(28)25-6-4-15-10-26(12-19(15,11-25)13-27)16-3-2-14(9-24)17(8-16)20(21,22)23/h2-3,8,15,27H,4-7,10-13H2,1H3. The van der Waals surface area contributed by atoms with Crippen LogP contribution >= 0.6 is 0 Å². The first kappa shape index (κ1) is 21.4. The first-order valence-corrected chi connectivity index (χ1v) is 9.48. The molecule has 0 spiro atoms. The number of hydrogen-bond donors (Lipinski definition) is 1. The molecule has 1 aromatic carbocycles. The summed E-state index contributed by atoms with van der Waals surface area (Å²) in [4.78, 5) is 15.9. The molecule has 0 bridgehead atoms. The van der Waals surface area contributed by atoms with Crippen molar-refractivity contribution in [2.24, 2.45) is 11.3 Å². The van der Waals surface area contributed by atoms with Gasteiger partial charge in [-0.05, 0) is 30.5 Å². The number of nitriles is 1. The summed E-state index contributed by atoms with van der Waals surface area (Å²) in [5, 5.41) is 19.1. The van der Waals surface area contributed by atoms with E-state index in [1.54, 1.807) is 11.0 Å². The van der Waals surface area contributed by atoms with Crippen LogP contribution in [0.1, 0.15) is 24.0 Å². The number of hydrogen-bond acceptors (Lipinski definition) is 5. The van der Waals surface area contributed by atoms with Crippen LogP contribution in [0.25, 0.3) is 0 Å². The van der Waals surface area contributed by atoms with Gasteiger partial charge in [0.05, 0.1) is 36.8 Å². The smallest absolute Gasteiger partial charge is 0.396 e. The molecule has 2 fully saturated rings. The molecule has 2 aliphatic heterocycles. The zero-order valence-electron chi connectivity index (χ0n) is 16.2. The van der Waals surface area contributed by atoms with Gasteiger partial charge in [-0.15, -0.1) is 0 Å². The molecule has 0 radical (unpaired) electrons. The fourth-order valence-corrected chi connectivity index (χ4v) is 4.43. The molecular formula is C20H24F3N3O3. The van der Waals surface area contributed by atoms with E-state index in [9.17, 15) is 23.1 Å². The van der Waals surface area contributed by atoms with E-state index in [1.807, 2.05) is 4.90 Å². The fraction of sp³-hybridized carbons (Fsp3) is 0.600. The van der Waals surface area contributed by atoms with Crippen LogP contribution in [-0.2, 0) is 15.7 Å². The molecule has 2 unspecified atom stereocenters.